The molecule has 1 aromatic heterocycles. The molecule has 3 aliphatic rings. The van der Waals surface area contributed by atoms with Crippen LogP contribution in [0.25, 0.3) is 17.6 Å². The van der Waals surface area contributed by atoms with E-state index in [-0.39, 0.29) is 11.8 Å². The second-order valence-electron chi connectivity index (χ2n) is 7.70. The van der Waals surface area contributed by atoms with Gasteiger partial charge in [0.25, 0.3) is 0 Å². The van der Waals surface area contributed by atoms with E-state index in [1.165, 1.54) is 6.34 Å². The molecule has 0 unspecified atom stereocenters. The second-order valence-corrected chi connectivity index (χ2v) is 7.70. The third kappa shape index (κ3) is 2.85. The Morgan fingerprint density at radius 1 is 1.30 bits per heavy atom. The molecule has 1 aliphatic carbocycles. The predicted molar refractivity (Wildman–Crippen MR) is 111 cm³/mol. The molecule has 1 saturated carbocycles. The van der Waals surface area contributed by atoms with Crippen LogP contribution in [0.3, 0.4) is 0 Å². The van der Waals surface area contributed by atoms with E-state index < -0.39 is 5.97 Å². The number of benzene rings is 1. The van der Waals surface area contributed by atoms with Gasteiger partial charge in [0.1, 0.15) is 34.0 Å². The first-order valence-electron chi connectivity index (χ1n) is 9.95. The fourth-order valence-corrected chi connectivity index (χ4v) is 4.43. The van der Waals surface area contributed by atoms with Crippen molar-refractivity contribution in [2.75, 3.05) is 12.5 Å². The number of aromatic nitrogens is 2. The zero-order chi connectivity index (χ0) is 20.8. The number of carboxylic acids is 1. The van der Waals surface area contributed by atoms with Crippen LogP contribution in [0.15, 0.2) is 28.2 Å². The van der Waals surface area contributed by atoms with E-state index in [0.717, 1.165) is 29.2 Å². The van der Waals surface area contributed by atoms with Gasteiger partial charge in [0.15, 0.2) is 5.82 Å². The monoisotopic (exact) mass is 406 g/mol. The van der Waals surface area contributed by atoms with Gasteiger partial charge < -0.3 is 15.6 Å². The van der Waals surface area contributed by atoms with Gasteiger partial charge in [-0.2, -0.15) is 0 Å². The fourth-order valence-electron chi connectivity index (χ4n) is 4.43. The highest BCUT2D eigenvalue weighted by atomic mass is 16.5. The van der Waals surface area contributed by atoms with Crippen molar-refractivity contribution in [2.24, 2.45) is 21.6 Å². The summed E-state index contributed by atoms with van der Waals surface area (Å²) < 4.78 is 7.30. The molecule has 9 heteroatoms. The number of hydrogen-bond donors (Lipinski definition) is 3. The first-order valence-corrected chi connectivity index (χ1v) is 9.95. The third-order valence-electron chi connectivity index (χ3n) is 6.00. The van der Waals surface area contributed by atoms with Gasteiger partial charge in [-0.05, 0) is 37.8 Å². The number of carbonyl (C=O) groups is 1. The van der Waals surface area contributed by atoms with Crippen LogP contribution in [0.1, 0.15) is 37.4 Å². The van der Waals surface area contributed by atoms with Crippen LogP contribution in [-0.4, -0.2) is 34.2 Å². The van der Waals surface area contributed by atoms with Crippen LogP contribution in [0.5, 0.6) is 5.75 Å². The average molecular weight is 406 g/mol. The number of methoxy groups -OCH3 is 1. The van der Waals surface area contributed by atoms with Gasteiger partial charge in [0.05, 0.1) is 18.7 Å². The van der Waals surface area contributed by atoms with Gasteiger partial charge in [0.2, 0.25) is 0 Å². The zero-order valence-electron chi connectivity index (χ0n) is 16.5. The molecular weight excluding hydrogens is 384 g/mol. The SMILES string of the molecule is COc1cccc2c1=N/C(=c1/nc([C@H]3CC[C@@H](C(=O)O)CC3)n3c1=C(N)N=CN3)C=2. The number of hydrogen-bond acceptors (Lipinski definition) is 7. The molecule has 0 radical (unpaired) electrons. The molecule has 0 saturated heterocycles. The molecule has 154 valence electrons. The summed E-state index contributed by atoms with van der Waals surface area (Å²) in [7, 11) is 1.62. The molecule has 3 heterocycles. The number of aliphatic imine (C=N–C) groups is 1. The van der Waals surface area contributed by atoms with Gasteiger partial charge in [-0.25, -0.2) is 19.6 Å². The van der Waals surface area contributed by atoms with E-state index in [1.54, 1.807) is 7.11 Å². The third-order valence-corrected chi connectivity index (χ3v) is 6.00. The highest BCUT2D eigenvalue weighted by Crippen LogP contribution is 2.34. The Labute approximate surface area is 171 Å². The Balaban J connectivity index is 1.68. The predicted octanol–water partition coefficient (Wildman–Crippen LogP) is -0.918. The van der Waals surface area contributed by atoms with Crippen LogP contribution in [0.4, 0.5) is 0 Å². The minimum Gasteiger partial charge on any atom is -0.494 e. The summed E-state index contributed by atoms with van der Waals surface area (Å²) in [5.74, 6) is 1.03. The van der Waals surface area contributed by atoms with Crippen molar-refractivity contribution in [2.45, 2.75) is 31.6 Å². The Bertz CT molecular complexity index is 1320. The van der Waals surface area contributed by atoms with Crippen LogP contribution >= 0.6 is 0 Å². The molecule has 9 nitrogen and oxygen atoms in total. The van der Waals surface area contributed by atoms with Gasteiger partial charge in [-0.1, -0.05) is 12.1 Å². The summed E-state index contributed by atoms with van der Waals surface area (Å²) >= 11 is 0. The van der Waals surface area contributed by atoms with Gasteiger partial charge >= 0.3 is 5.97 Å². The van der Waals surface area contributed by atoms with Crippen molar-refractivity contribution in [3.8, 4) is 5.75 Å². The van der Waals surface area contributed by atoms with Gasteiger partial charge in [-0.3, -0.25) is 10.2 Å². The lowest BCUT2D eigenvalue weighted by atomic mass is 9.81. The summed E-state index contributed by atoms with van der Waals surface area (Å²) in [6, 6.07) is 5.78. The topological polar surface area (TPSA) is 127 Å². The van der Waals surface area contributed by atoms with E-state index in [4.69, 9.17) is 20.4 Å². The molecular formula is C21H22N6O3. The highest BCUT2D eigenvalue weighted by molar-refractivity contribution is 5.78. The number of aliphatic carboxylic acids is 1. The van der Waals surface area contributed by atoms with Crippen molar-refractivity contribution >= 4 is 29.9 Å². The van der Waals surface area contributed by atoms with E-state index in [0.29, 0.717) is 40.8 Å². The zero-order valence-corrected chi connectivity index (χ0v) is 16.5. The second kappa shape index (κ2) is 7.01. The number of fused-ring (bicyclic) bond motifs is 2. The van der Waals surface area contributed by atoms with Crippen LogP contribution in [0, 0.1) is 5.92 Å². The summed E-state index contributed by atoms with van der Waals surface area (Å²) in [5, 5.41) is 12.4. The maximum absolute atomic E-state index is 11.3. The fraction of sp³-hybridized carbons (Fsp3) is 0.333. The summed E-state index contributed by atoms with van der Waals surface area (Å²) in [6.45, 7) is 0. The van der Waals surface area contributed by atoms with Crippen LogP contribution < -0.4 is 37.2 Å². The maximum atomic E-state index is 11.3. The molecule has 5 rings (SSSR count). The van der Waals surface area contributed by atoms with Crippen molar-refractivity contribution < 1.29 is 14.6 Å². The highest BCUT2D eigenvalue weighted by Gasteiger charge is 2.30. The molecule has 0 atom stereocenters. The number of nitrogens with zero attached hydrogens (tertiary/aromatic N) is 4. The Kier molecular flexibility index (Phi) is 4.30. The molecule has 0 spiro atoms. The van der Waals surface area contributed by atoms with Gasteiger partial charge in [0, 0.05) is 11.1 Å². The Morgan fingerprint density at radius 3 is 2.83 bits per heavy atom. The molecule has 2 aromatic rings. The number of rotatable bonds is 3. The lowest BCUT2D eigenvalue weighted by Gasteiger charge is -2.26. The standard InChI is InChI=1S/C21H22N6O3/c1-30-15-4-2-3-13-9-14(25-16(13)15)17-18-19(22)23-10-24-27(18)20(26-17)11-5-7-12(8-6-11)21(28)29/h2-4,9-12H,5-8,22H2,1H3,(H,23,24)(H,28,29)/b17-14+/t11-,12+. The molecule has 0 bridgehead atoms. The normalized spacial score (nSPS) is 23.7. The number of carboxylic acid groups (broad SMARTS) is 1. The Morgan fingerprint density at radius 2 is 2.10 bits per heavy atom. The van der Waals surface area contributed by atoms with Crippen LogP contribution in [0.2, 0.25) is 0 Å². The van der Waals surface area contributed by atoms with E-state index in [9.17, 15) is 9.90 Å². The summed E-state index contributed by atoms with van der Waals surface area (Å²) in [5.41, 5.74) is 10.1. The first-order chi connectivity index (χ1) is 14.6. The Hall–Kier alpha value is -3.62. The van der Waals surface area contributed by atoms with Gasteiger partial charge in [-0.15, -0.1) is 0 Å². The van der Waals surface area contributed by atoms with Crippen LogP contribution in [-0.2, 0) is 4.79 Å². The number of imidazole rings is 1. The minimum absolute atomic E-state index is 0.138. The molecule has 1 fully saturated rings. The molecule has 2 aliphatic heterocycles. The average Bonchev–Trinajstić information content (AvgIpc) is 3.36. The van der Waals surface area contributed by atoms with Crippen molar-refractivity contribution in [3.63, 3.8) is 0 Å². The molecule has 1 aromatic carbocycles. The van der Waals surface area contributed by atoms with Crippen molar-refractivity contribution in [3.05, 3.63) is 45.3 Å². The van der Waals surface area contributed by atoms with Crippen molar-refractivity contribution in [1.82, 2.24) is 9.66 Å². The number of nitrogens with two attached hydrogens (primary N) is 1. The number of nitrogens with one attached hydrogen (secondary N) is 1. The molecule has 4 N–H and O–H groups in total. The largest absolute Gasteiger partial charge is 0.494 e. The number of para-hydroxylation sites is 1. The number of ether oxygens (including phenoxy) is 1. The van der Waals surface area contributed by atoms with E-state index >= 15 is 0 Å². The summed E-state index contributed by atoms with van der Waals surface area (Å²) in [6.07, 6.45) is 6.31. The smallest absolute Gasteiger partial charge is 0.306 e. The minimum atomic E-state index is -0.719. The lowest BCUT2D eigenvalue weighted by Crippen LogP contribution is -2.42. The van der Waals surface area contributed by atoms with Crippen molar-refractivity contribution in [1.29, 1.82) is 0 Å². The quantitative estimate of drug-likeness (QED) is 0.605. The van der Waals surface area contributed by atoms with E-state index in [2.05, 4.69) is 10.4 Å². The molecule has 30 heavy (non-hydrogen) atoms. The van der Waals surface area contributed by atoms with E-state index in [1.807, 2.05) is 29.0 Å². The molecule has 0 amide bonds. The lowest BCUT2D eigenvalue weighted by molar-refractivity contribution is -0.142. The first kappa shape index (κ1) is 18.4. The summed E-state index contributed by atoms with van der Waals surface area (Å²) in [4.78, 5) is 25.2. The maximum Gasteiger partial charge on any atom is 0.306 e.